The smallest absolute Gasteiger partial charge is 0.251 e. The summed E-state index contributed by atoms with van der Waals surface area (Å²) in [4.78, 5) is 12.2. The Bertz CT molecular complexity index is 528. The highest BCUT2D eigenvalue weighted by atomic mass is 35.5. The third kappa shape index (κ3) is 5.76. The monoisotopic (exact) mass is 309 g/mol. The molecule has 0 aliphatic heterocycles. The molecule has 0 radical (unpaired) electrons. The average Bonchev–Trinajstić information content (AvgIpc) is 2.46. The molecule has 1 aromatic rings. The topological polar surface area (TPSA) is 58.6 Å². The molecule has 0 aliphatic carbocycles. The van der Waals surface area contributed by atoms with Crippen LogP contribution in [-0.4, -0.2) is 37.4 Å². The zero-order valence-corrected chi connectivity index (χ0v) is 13.0. The Balaban J connectivity index is 2.80. The van der Waals surface area contributed by atoms with E-state index in [9.17, 15) is 4.79 Å². The molecular formula is C16H20ClNO3. The molecule has 4 nitrogen and oxygen atoms in total. The Morgan fingerprint density at radius 2 is 2.29 bits per heavy atom. The molecule has 0 fully saturated rings. The van der Waals surface area contributed by atoms with Crippen molar-refractivity contribution in [3.63, 3.8) is 0 Å². The first kappa shape index (κ1) is 17.5. The van der Waals surface area contributed by atoms with Crippen molar-refractivity contribution in [2.75, 3.05) is 20.3 Å². The fraction of sp³-hybridized carbons (Fsp3) is 0.438. The molecule has 0 spiro atoms. The Hall–Kier alpha value is -1.54. The third-order valence-electron chi connectivity index (χ3n) is 2.87. The summed E-state index contributed by atoms with van der Waals surface area (Å²) in [6, 6.07) is 4.90. The molecule has 0 saturated heterocycles. The number of methoxy groups -OCH3 is 1. The van der Waals surface area contributed by atoms with Gasteiger partial charge in [-0.25, -0.2) is 0 Å². The molecule has 1 unspecified atom stereocenters. The number of halogens is 1. The summed E-state index contributed by atoms with van der Waals surface area (Å²) < 4.78 is 5.10. The van der Waals surface area contributed by atoms with Crippen LogP contribution in [0.1, 0.15) is 35.7 Å². The Labute approximate surface area is 130 Å². The number of carbonyl (C=O) groups excluding carboxylic acids is 1. The van der Waals surface area contributed by atoms with Crippen LogP contribution in [0.4, 0.5) is 0 Å². The second-order valence-corrected chi connectivity index (χ2v) is 4.98. The van der Waals surface area contributed by atoms with Crippen LogP contribution in [0.25, 0.3) is 0 Å². The maximum Gasteiger partial charge on any atom is 0.251 e. The average molecular weight is 310 g/mol. The van der Waals surface area contributed by atoms with Gasteiger partial charge in [-0.15, -0.1) is 0 Å². The van der Waals surface area contributed by atoms with Crippen molar-refractivity contribution >= 4 is 17.5 Å². The number of carbonyl (C=O) groups is 1. The molecule has 1 atom stereocenters. The summed E-state index contributed by atoms with van der Waals surface area (Å²) in [7, 11) is 1.61. The van der Waals surface area contributed by atoms with Crippen LogP contribution in [0.5, 0.6) is 0 Å². The molecule has 0 heterocycles. The van der Waals surface area contributed by atoms with E-state index < -0.39 is 0 Å². The van der Waals surface area contributed by atoms with Gasteiger partial charge in [0, 0.05) is 18.2 Å². The van der Waals surface area contributed by atoms with Crippen molar-refractivity contribution in [3.8, 4) is 11.8 Å². The van der Waals surface area contributed by atoms with Crippen LogP contribution in [0.3, 0.4) is 0 Å². The van der Waals surface area contributed by atoms with E-state index in [1.165, 1.54) is 0 Å². The SMILES string of the molecule is CCCC(COC)NC(=O)c1ccc(C#CCO)c(Cl)c1. The van der Waals surface area contributed by atoms with Crippen LogP contribution in [-0.2, 0) is 4.74 Å². The van der Waals surface area contributed by atoms with E-state index in [1.54, 1.807) is 25.3 Å². The van der Waals surface area contributed by atoms with E-state index in [-0.39, 0.29) is 18.6 Å². The summed E-state index contributed by atoms with van der Waals surface area (Å²) in [5.74, 6) is 5.06. The van der Waals surface area contributed by atoms with E-state index in [0.717, 1.165) is 12.8 Å². The summed E-state index contributed by atoms with van der Waals surface area (Å²) in [6.45, 7) is 2.31. The number of nitrogens with one attached hydrogen (secondary N) is 1. The minimum absolute atomic E-state index is 0.0138. The van der Waals surface area contributed by atoms with Crippen molar-refractivity contribution < 1.29 is 14.6 Å². The standard InChI is InChI=1S/C16H20ClNO3/c1-3-5-14(11-21-2)18-16(20)13-8-7-12(6-4-9-19)15(17)10-13/h7-8,10,14,19H,3,5,9,11H2,1-2H3,(H,18,20). The van der Waals surface area contributed by atoms with Crippen LogP contribution >= 0.6 is 11.6 Å². The highest BCUT2D eigenvalue weighted by Crippen LogP contribution is 2.17. The van der Waals surface area contributed by atoms with E-state index in [2.05, 4.69) is 24.1 Å². The Kier molecular flexibility index (Phi) is 7.84. The zero-order chi connectivity index (χ0) is 15.7. The van der Waals surface area contributed by atoms with E-state index in [4.69, 9.17) is 21.4 Å². The predicted octanol–water partition coefficient (Wildman–Crippen LogP) is 2.23. The van der Waals surface area contributed by atoms with Crippen LogP contribution in [0.2, 0.25) is 5.02 Å². The number of aliphatic hydroxyl groups excluding tert-OH is 1. The molecule has 2 N–H and O–H groups in total. The molecule has 21 heavy (non-hydrogen) atoms. The van der Waals surface area contributed by atoms with Crippen molar-refractivity contribution in [2.45, 2.75) is 25.8 Å². The first-order chi connectivity index (χ1) is 10.1. The lowest BCUT2D eigenvalue weighted by molar-refractivity contribution is 0.0891. The lowest BCUT2D eigenvalue weighted by Gasteiger charge is -2.17. The number of amides is 1. The van der Waals surface area contributed by atoms with Gasteiger partial charge in [0.1, 0.15) is 6.61 Å². The van der Waals surface area contributed by atoms with E-state index in [1.807, 2.05) is 0 Å². The maximum absolute atomic E-state index is 12.2. The maximum atomic E-state index is 12.2. The molecule has 5 heteroatoms. The number of hydrogen-bond donors (Lipinski definition) is 2. The van der Waals surface area contributed by atoms with Crippen LogP contribution in [0, 0.1) is 11.8 Å². The van der Waals surface area contributed by atoms with Gasteiger partial charge in [-0.1, -0.05) is 36.8 Å². The fourth-order valence-electron chi connectivity index (χ4n) is 1.91. The largest absolute Gasteiger partial charge is 0.384 e. The predicted molar refractivity (Wildman–Crippen MR) is 83.5 cm³/mol. The van der Waals surface area contributed by atoms with Gasteiger partial charge in [0.05, 0.1) is 17.7 Å². The first-order valence-corrected chi connectivity index (χ1v) is 7.19. The number of aliphatic hydroxyl groups is 1. The van der Waals surface area contributed by atoms with Crippen LogP contribution < -0.4 is 5.32 Å². The summed E-state index contributed by atoms with van der Waals surface area (Å²) in [5, 5.41) is 12.0. The molecule has 114 valence electrons. The van der Waals surface area contributed by atoms with Crippen molar-refractivity contribution in [1.82, 2.24) is 5.32 Å². The van der Waals surface area contributed by atoms with Crippen molar-refractivity contribution in [3.05, 3.63) is 34.3 Å². The Morgan fingerprint density at radius 3 is 2.86 bits per heavy atom. The summed E-state index contributed by atoms with van der Waals surface area (Å²) >= 11 is 6.08. The van der Waals surface area contributed by atoms with Gasteiger partial charge in [-0.05, 0) is 24.6 Å². The second-order valence-electron chi connectivity index (χ2n) is 4.57. The van der Waals surface area contributed by atoms with Gasteiger partial charge < -0.3 is 15.2 Å². The molecule has 0 bridgehead atoms. The van der Waals surface area contributed by atoms with E-state index in [0.29, 0.717) is 22.8 Å². The molecule has 1 rings (SSSR count). The van der Waals surface area contributed by atoms with Gasteiger partial charge in [0.15, 0.2) is 0 Å². The molecular weight excluding hydrogens is 290 g/mol. The van der Waals surface area contributed by atoms with Crippen molar-refractivity contribution in [1.29, 1.82) is 0 Å². The van der Waals surface area contributed by atoms with Crippen LogP contribution in [0.15, 0.2) is 18.2 Å². The fourth-order valence-corrected chi connectivity index (χ4v) is 2.14. The molecule has 0 aromatic heterocycles. The number of ether oxygens (including phenoxy) is 1. The lowest BCUT2D eigenvalue weighted by atomic mass is 10.1. The second kappa shape index (κ2) is 9.41. The highest BCUT2D eigenvalue weighted by molar-refractivity contribution is 6.32. The van der Waals surface area contributed by atoms with Gasteiger partial charge in [-0.2, -0.15) is 0 Å². The molecule has 1 aromatic carbocycles. The van der Waals surface area contributed by atoms with Gasteiger partial charge in [0.2, 0.25) is 0 Å². The third-order valence-corrected chi connectivity index (χ3v) is 3.19. The number of rotatable bonds is 6. The quantitative estimate of drug-likeness (QED) is 0.792. The number of benzene rings is 1. The molecule has 1 amide bonds. The van der Waals surface area contributed by atoms with E-state index >= 15 is 0 Å². The zero-order valence-electron chi connectivity index (χ0n) is 12.3. The Morgan fingerprint density at radius 1 is 1.52 bits per heavy atom. The molecule has 0 saturated carbocycles. The summed E-state index contributed by atoms with van der Waals surface area (Å²) in [6.07, 6.45) is 1.82. The first-order valence-electron chi connectivity index (χ1n) is 6.81. The van der Waals surface area contributed by atoms with Gasteiger partial charge >= 0.3 is 0 Å². The minimum atomic E-state index is -0.228. The lowest BCUT2D eigenvalue weighted by Crippen LogP contribution is -2.37. The van der Waals surface area contributed by atoms with Gasteiger partial charge in [0.25, 0.3) is 5.91 Å². The molecule has 0 aliphatic rings. The van der Waals surface area contributed by atoms with Gasteiger partial charge in [-0.3, -0.25) is 4.79 Å². The minimum Gasteiger partial charge on any atom is -0.384 e. The normalized spacial score (nSPS) is 11.4. The summed E-state index contributed by atoms with van der Waals surface area (Å²) in [5.41, 5.74) is 1.07. The van der Waals surface area contributed by atoms with Crippen molar-refractivity contribution in [2.24, 2.45) is 0 Å². The highest BCUT2D eigenvalue weighted by Gasteiger charge is 2.13. The number of hydrogen-bond acceptors (Lipinski definition) is 3.